The average molecular weight is 384 g/mol. The molecule has 0 saturated heterocycles. The van der Waals surface area contributed by atoms with E-state index in [9.17, 15) is 8.78 Å². The van der Waals surface area contributed by atoms with Crippen LogP contribution < -0.4 is 5.73 Å². The van der Waals surface area contributed by atoms with Crippen molar-refractivity contribution in [1.82, 2.24) is 0 Å². The first kappa shape index (κ1) is 20.7. The highest BCUT2D eigenvalue weighted by molar-refractivity contribution is 8.00. The van der Waals surface area contributed by atoms with E-state index in [2.05, 4.69) is 0 Å². The first-order valence-electron chi connectivity index (χ1n) is 9.43. The van der Waals surface area contributed by atoms with Gasteiger partial charge < -0.3 is 10.8 Å². The zero-order chi connectivity index (χ0) is 17.5. The van der Waals surface area contributed by atoms with Crippen LogP contribution in [0.25, 0.3) is 0 Å². The van der Waals surface area contributed by atoms with Crippen LogP contribution in [0.5, 0.6) is 0 Å². The first-order chi connectivity index (χ1) is 11.5. The summed E-state index contributed by atoms with van der Waals surface area (Å²) in [6.07, 6.45) is 7.47. The third-order valence-electron chi connectivity index (χ3n) is 5.65. The average Bonchev–Trinajstić information content (AvgIpc) is 2.56. The van der Waals surface area contributed by atoms with E-state index in [0.717, 1.165) is 51.4 Å². The maximum atomic E-state index is 12.9. The van der Waals surface area contributed by atoms with Crippen LogP contribution in [0, 0.1) is 11.8 Å². The van der Waals surface area contributed by atoms with Gasteiger partial charge in [-0.2, -0.15) is 11.8 Å². The number of hydrogen-bond acceptors (Lipinski definition) is 3. The predicted octanol–water partition coefficient (Wildman–Crippen LogP) is 4.81. The number of rotatable bonds is 8. The lowest BCUT2D eigenvalue weighted by molar-refractivity contribution is 0.0576. The molecule has 0 aromatic heterocycles. The Kier molecular flexibility index (Phi) is 9.10. The molecule has 0 radical (unpaired) electrons. The van der Waals surface area contributed by atoms with Crippen molar-refractivity contribution in [2.75, 3.05) is 6.61 Å². The molecular formula is C18H32ClF2NOS. The fourth-order valence-electron chi connectivity index (χ4n) is 4.13. The SMILES string of the molecule is NC(CO)CCCC1CCC(SC2CCCC(C(F)F)C2)CC1Cl. The maximum absolute atomic E-state index is 12.9. The molecular weight excluding hydrogens is 352 g/mol. The summed E-state index contributed by atoms with van der Waals surface area (Å²) < 4.78 is 25.9. The summed E-state index contributed by atoms with van der Waals surface area (Å²) in [7, 11) is 0. The minimum absolute atomic E-state index is 0.0503. The standard InChI is InChI=1S/C18H32ClF2NOS/c19-17-10-16(8-7-12(17)3-1-5-14(22)11-23)24-15-6-2-4-13(9-15)18(20)21/h12-18,23H,1-11,22H2. The minimum Gasteiger partial charge on any atom is -0.395 e. The predicted molar refractivity (Wildman–Crippen MR) is 99.0 cm³/mol. The Labute approximate surface area is 154 Å². The largest absolute Gasteiger partial charge is 0.395 e. The molecule has 2 rings (SSSR count). The van der Waals surface area contributed by atoms with Gasteiger partial charge in [0, 0.05) is 27.8 Å². The smallest absolute Gasteiger partial charge is 0.241 e. The van der Waals surface area contributed by atoms with Gasteiger partial charge in [-0.25, -0.2) is 8.78 Å². The second-order valence-electron chi connectivity index (χ2n) is 7.60. The zero-order valence-electron chi connectivity index (χ0n) is 14.4. The van der Waals surface area contributed by atoms with Crippen LogP contribution in [-0.2, 0) is 0 Å². The number of thioether (sulfide) groups is 1. The highest BCUT2D eigenvalue weighted by Gasteiger charge is 2.33. The summed E-state index contributed by atoms with van der Waals surface area (Å²) in [5.74, 6) is 0.143. The molecule has 2 aliphatic carbocycles. The van der Waals surface area contributed by atoms with Crippen LogP contribution in [0.4, 0.5) is 8.78 Å². The topological polar surface area (TPSA) is 46.2 Å². The molecule has 0 aliphatic heterocycles. The van der Waals surface area contributed by atoms with E-state index < -0.39 is 12.3 Å². The Hall–Kier alpha value is 0.420. The summed E-state index contributed by atoms with van der Waals surface area (Å²) in [6, 6.07) is -0.111. The number of nitrogens with two attached hydrogens (primary N) is 1. The summed E-state index contributed by atoms with van der Waals surface area (Å²) >= 11 is 8.54. The molecule has 0 heterocycles. The molecule has 2 fully saturated rings. The zero-order valence-corrected chi connectivity index (χ0v) is 16.0. The lowest BCUT2D eigenvalue weighted by atomic mass is 9.84. The van der Waals surface area contributed by atoms with E-state index in [4.69, 9.17) is 22.4 Å². The molecule has 0 bridgehead atoms. The lowest BCUT2D eigenvalue weighted by Crippen LogP contribution is -2.30. The Balaban J connectivity index is 1.69. The van der Waals surface area contributed by atoms with Crippen molar-refractivity contribution in [3.05, 3.63) is 0 Å². The van der Waals surface area contributed by atoms with Crippen LogP contribution in [0.15, 0.2) is 0 Å². The minimum atomic E-state index is -2.16. The first-order valence-corrected chi connectivity index (χ1v) is 10.8. The van der Waals surface area contributed by atoms with E-state index in [1.807, 2.05) is 11.8 Å². The van der Waals surface area contributed by atoms with Gasteiger partial charge in [-0.15, -0.1) is 11.6 Å². The molecule has 0 amide bonds. The molecule has 0 spiro atoms. The van der Waals surface area contributed by atoms with E-state index >= 15 is 0 Å². The highest BCUT2D eigenvalue weighted by atomic mass is 35.5. The molecule has 6 unspecified atom stereocenters. The second kappa shape index (κ2) is 10.5. The molecule has 6 atom stereocenters. The third kappa shape index (κ3) is 6.62. The molecule has 2 nitrogen and oxygen atoms in total. The fraction of sp³-hybridized carbons (Fsp3) is 1.00. The van der Waals surface area contributed by atoms with Gasteiger partial charge in [-0.1, -0.05) is 12.8 Å². The molecule has 3 N–H and O–H groups in total. The van der Waals surface area contributed by atoms with Crippen LogP contribution in [0.2, 0.25) is 0 Å². The van der Waals surface area contributed by atoms with Gasteiger partial charge >= 0.3 is 0 Å². The summed E-state index contributed by atoms with van der Waals surface area (Å²) in [5.41, 5.74) is 5.74. The van der Waals surface area contributed by atoms with Gasteiger partial charge in [0.05, 0.1) is 6.61 Å². The summed E-state index contributed by atoms with van der Waals surface area (Å²) in [6.45, 7) is 0.0503. The number of aliphatic hydroxyl groups is 1. The van der Waals surface area contributed by atoms with E-state index in [-0.39, 0.29) is 18.0 Å². The monoisotopic (exact) mass is 383 g/mol. The molecule has 0 aromatic carbocycles. The van der Waals surface area contributed by atoms with Crippen LogP contribution >= 0.6 is 23.4 Å². The second-order valence-corrected chi connectivity index (χ2v) is 9.77. The molecule has 0 aromatic rings. The number of hydrogen-bond donors (Lipinski definition) is 2. The van der Waals surface area contributed by atoms with Crippen LogP contribution in [-0.4, -0.2) is 40.1 Å². The van der Waals surface area contributed by atoms with Crippen molar-refractivity contribution < 1.29 is 13.9 Å². The summed E-state index contributed by atoms with van der Waals surface area (Å²) in [5, 5.41) is 10.1. The fourth-order valence-corrected chi connectivity index (χ4v) is 6.50. The molecule has 6 heteroatoms. The number of aliphatic hydroxyl groups excluding tert-OH is 1. The van der Waals surface area contributed by atoms with Gasteiger partial charge in [-0.3, -0.25) is 0 Å². The molecule has 2 aliphatic rings. The Morgan fingerprint density at radius 2 is 1.88 bits per heavy atom. The van der Waals surface area contributed by atoms with E-state index in [1.54, 1.807) is 0 Å². The van der Waals surface area contributed by atoms with Crippen molar-refractivity contribution in [1.29, 1.82) is 0 Å². The Bertz CT molecular complexity index is 364. The van der Waals surface area contributed by atoms with Crippen molar-refractivity contribution in [3.8, 4) is 0 Å². The highest BCUT2D eigenvalue weighted by Crippen LogP contribution is 2.43. The number of alkyl halides is 3. The Morgan fingerprint density at radius 1 is 1.12 bits per heavy atom. The maximum Gasteiger partial charge on any atom is 0.241 e. The van der Waals surface area contributed by atoms with Crippen molar-refractivity contribution in [2.24, 2.45) is 17.6 Å². The Morgan fingerprint density at radius 3 is 2.54 bits per heavy atom. The van der Waals surface area contributed by atoms with Crippen LogP contribution in [0.3, 0.4) is 0 Å². The lowest BCUT2D eigenvalue weighted by Gasteiger charge is -2.36. The molecule has 24 heavy (non-hydrogen) atoms. The third-order valence-corrected chi connectivity index (χ3v) is 7.81. The van der Waals surface area contributed by atoms with Gasteiger partial charge in [-0.05, 0) is 57.3 Å². The van der Waals surface area contributed by atoms with Gasteiger partial charge in [0.15, 0.2) is 0 Å². The quantitative estimate of drug-likeness (QED) is 0.591. The van der Waals surface area contributed by atoms with E-state index in [1.165, 1.54) is 0 Å². The van der Waals surface area contributed by atoms with Gasteiger partial charge in [0.1, 0.15) is 0 Å². The van der Waals surface area contributed by atoms with E-state index in [0.29, 0.717) is 29.3 Å². The normalized spacial score (nSPS) is 36.0. The molecule has 142 valence electrons. The summed E-state index contributed by atoms with van der Waals surface area (Å²) in [4.78, 5) is 0. The number of halogens is 3. The van der Waals surface area contributed by atoms with Crippen LogP contribution in [0.1, 0.15) is 64.2 Å². The van der Waals surface area contributed by atoms with Crippen molar-refractivity contribution in [3.63, 3.8) is 0 Å². The van der Waals surface area contributed by atoms with Gasteiger partial charge in [0.2, 0.25) is 6.43 Å². The van der Waals surface area contributed by atoms with Gasteiger partial charge in [0.25, 0.3) is 0 Å². The molecule has 2 saturated carbocycles. The van der Waals surface area contributed by atoms with Crippen molar-refractivity contribution >= 4 is 23.4 Å². The van der Waals surface area contributed by atoms with Crippen molar-refractivity contribution in [2.45, 2.75) is 92.6 Å².